The van der Waals surface area contributed by atoms with Gasteiger partial charge in [-0.2, -0.15) is 0 Å². The van der Waals surface area contributed by atoms with Crippen molar-refractivity contribution >= 4 is 29.0 Å². The normalized spacial score (nSPS) is 11.0. The van der Waals surface area contributed by atoms with Gasteiger partial charge in [-0.15, -0.1) is 11.3 Å². The summed E-state index contributed by atoms with van der Waals surface area (Å²) in [5.74, 6) is 0.987. The lowest BCUT2D eigenvalue weighted by molar-refractivity contribution is 0.0957. The van der Waals surface area contributed by atoms with Gasteiger partial charge in [0.25, 0.3) is 5.91 Å². The minimum absolute atomic E-state index is 0.00138. The first-order valence-electron chi connectivity index (χ1n) is 6.26. The predicted octanol–water partition coefficient (Wildman–Crippen LogP) is 3.73. The summed E-state index contributed by atoms with van der Waals surface area (Å²) in [6.07, 6.45) is 9.10. The quantitative estimate of drug-likeness (QED) is 0.449. The van der Waals surface area contributed by atoms with E-state index in [9.17, 15) is 4.79 Å². The Hall–Kier alpha value is -0.810. The molecule has 0 saturated carbocycles. The summed E-state index contributed by atoms with van der Waals surface area (Å²) in [7, 11) is 0. The molecular formula is C13H20N2OS2. The molecule has 0 fully saturated rings. The van der Waals surface area contributed by atoms with E-state index in [2.05, 4.69) is 29.4 Å². The molecule has 18 heavy (non-hydrogen) atoms. The van der Waals surface area contributed by atoms with Crippen LogP contribution >= 0.6 is 23.1 Å². The summed E-state index contributed by atoms with van der Waals surface area (Å²) in [5.41, 5.74) is 0. The molecule has 0 spiro atoms. The van der Waals surface area contributed by atoms with E-state index < -0.39 is 0 Å². The van der Waals surface area contributed by atoms with E-state index in [4.69, 9.17) is 0 Å². The van der Waals surface area contributed by atoms with Crippen molar-refractivity contribution in [2.45, 2.75) is 37.4 Å². The molecule has 1 N–H and O–H groups in total. The average Bonchev–Trinajstić information content (AvgIpc) is 2.82. The van der Waals surface area contributed by atoms with Gasteiger partial charge in [0.1, 0.15) is 4.88 Å². The maximum Gasteiger partial charge on any atom is 0.263 e. The lowest BCUT2D eigenvalue weighted by Crippen LogP contribution is -2.23. The summed E-state index contributed by atoms with van der Waals surface area (Å²) in [4.78, 5) is 16.7. The van der Waals surface area contributed by atoms with Gasteiger partial charge in [-0.3, -0.25) is 4.79 Å². The summed E-state index contributed by atoms with van der Waals surface area (Å²) < 4.78 is 0.968. The Morgan fingerprint density at radius 1 is 1.56 bits per heavy atom. The zero-order chi connectivity index (χ0) is 13.2. The van der Waals surface area contributed by atoms with E-state index in [-0.39, 0.29) is 5.91 Å². The van der Waals surface area contributed by atoms with E-state index in [1.165, 1.54) is 11.3 Å². The molecule has 1 heterocycles. The van der Waals surface area contributed by atoms with Crippen molar-refractivity contribution < 1.29 is 4.79 Å². The number of carbonyl (C=O) groups excluding carboxylic acids is 1. The summed E-state index contributed by atoms with van der Waals surface area (Å²) in [5, 5.41) is 2.93. The van der Waals surface area contributed by atoms with Crippen molar-refractivity contribution in [2.24, 2.45) is 0 Å². The maximum atomic E-state index is 11.8. The van der Waals surface area contributed by atoms with Gasteiger partial charge < -0.3 is 5.32 Å². The van der Waals surface area contributed by atoms with Crippen molar-refractivity contribution in [2.75, 3.05) is 12.3 Å². The standard InChI is InChI=1S/C13H20N2OS2/c1-3-5-6-7-8-9-14-12(16)11-10-15-13(18-11)17-4-2/h3,5,10H,4,6-9H2,1-2H3,(H,14,16)/b5-3+. The Bertz CT molecular complexity index is 388. The number of aromatic nitrogens is 1. The zero-order valence-corrected chi connectivity index (χ0v) is 12.6. The van der Waals surface area contributed by atoms with Gasteiger partial charge in [-0.25, -0.2) is 4.98 Å². The molecule has 1 rings (SSSR count). The molecule has 5 heteroatoms. The number of hydrogen-bond donors (Lipinski definition) is 1. The third kappa shape index (κ3) is 5.69. The Morgan fingerprint density at radius 3 is 3.11 bits per heavy atom. The van der Waals surface area contributed by atoms with Crippen molar-refractivity contribution in [1.82, 2.24) is 10.3 Å². The molecule has 0 aromatic carbocycles. The minimum atomic E-state index is 0.00138. The number of thiazole rings is 1. The number of nitrogens with one attached hydrogen (secondary N) is 1. The lowest BCUT2D eigenvalue weighted by atomic mass is 10.2. The molecule has 0 saturated heterocycles. The number of carbonyl (C=O) groups is 1. The van der Waals surface area contributed by atoms with E-state index in [0.717, 1.165) is 35.9 Å². The van der Waals surface area contributed by atoms with Crippen LogP contribution in [0.25, 0.3) is 0 Å². The van der Waals surface area contributed by atoms with Crippen LogP contribution in [0.1, 0.15) is 42.8 Å². The zero-order valence-electron chi connectivity index (χ0n) is 10.9. The Morgan fingerprint density at radius 2 is 2.39 bits per heavy atom. The van der Waals surface area contributed by atoms with Crippen LogP contribution in [0.2, 0.25) is 0 Å². The molecule has 0 bridgehead atoms. The summed E-state index contributed by atoms with van der Waals surface area (Å²) >= 11 is 3.14. The number of nitrogens with zero attached hydrogens (tertiary/aromatic N) is 1. The molecular weight excluding hydrogens is 264 g/mol. The number of hydrogen-bond acceptors (Lipinski definition) is 4. The highest BCUT2D eigenvalue weighted by Gasteiger charge is 2.09. The fourth-order valence-electron chi connectivity index (χ4n) is 1.40. The summed E-state index contributed by atoms with van der Waals surface area (Å²) in [6.45, 7) is 4.85. The topological polar surface area (TPSA) is 42.0 Å². The van der Waals surface area contributed by atoms with Crippen LogP contribution in [0, 0.1) is 0 Å². The third-order valence-corrected chi connectivity index (χ3v) is 4.33. The molecule has 0 aliphatic rings. The number of allylic oxidation sites excluding steroid dienone is 2. The highest BCUT2D eigenvalue weighted by Crippen LogP contribution is 2.23. The largest absolute Gasteiger partial charge is 0.351 e. The van der Waals surface area contributed by atoms with Crippen LogP contribution < -0.4 is 5.32 Å². The SMILES string of the molecule is C/C=C/CCCCNC(=O)c1cnc(SCC)s1. The van der Waals surface area contributed by atoms with E-state index >= 15 is 0 Å². The van der Waals surface area contributed by atoms with E-state index in [1.54, 1.807) is 18.0 Å². The van der Waals surface area contributed by atoms with Crippen molar-refractivity contribution in [3.05, 3.63) is 23.2 Å². The van der Waals surface area contributed by atoms with Gasteiger partial charge in [0, 0.05) is 6.54 Å². The highest BCUT2D eigenvalue weighted by molar-refractivity contribution is 8.01. The van der Waals surface area contributed by atoms with Crippen LogP contribution in [0.4, 0.5) is 0 Å². The van der Waals surface area contributed by atoms with Crippen molar-refractivity contribution in [1.29, 1.82) is 0 Å². The number of unbranched alkanes of at least 4 members (excludes halogenated alkanes) is 2. The van der Waals surface area contributed by atoms with Crippen LogP contribution in [0.15, 0.2) is 22.7 Å². The maximum absolute atomic E-state index is 11.8. The number of rotatable bonds is 8. The van der Waals surface area contributed by atoms with Gasteiger partial charge in [-0.1, -0.05) is 30.8 Å². The first kappa shape index (κ1) is 15.2. The fraction of sp³-hybridized carbons (Fsp3) is 0.538. The molecule has 1 amide bonds. The first-order valence-corrected chi connectivity index (χ1v) is 8.06. The van der Waals surface area contributed by atoms with Crippen LogP contribution in [0.3, 0.4) is 0 Å². The molecule has 1 aromatic heterocycles. The van der Waals surface area contributed by atoms with Crippen LogP contribution in [-0.2, 0) is 0 Å². The second-order valence-electron chi connectivity index (χ2n) is 3.74. The van der Waals surface area contributed by atoms with Gasteiger partial charge in [0.2, 0.25) is 0 Å². The Labute approximate surface area is 117 Å². The van der Waals surface area contributed by atoms with Gasteiger partial charge >= 0.3 is 0 Å². The fourth-order valence-corrected chi connectivity index (χ4v) is 3.19. The van der Waals surface area contributed by atoms with E-state index in [0.29, 0.717) is 4.88 Å². The number of amides is 1. The monoisotopic (exact) mass is 284 g/mol. The molecule has 0 unspecified atom stereocenters. The highest BCUT2D eigenvalue weighted by atomic mass is 32.2. The minimum Gasteiger partial charge on any atom is -0.351 e. The van der Waals surface area contributed by atoms with Gasteiger partial charge in [0.15, 0.2) is 4.34 Å². The van der Waals surface area contributed by atoms with Crippen LogP contribution in [0.5, 0.6) is 0 Å². The third-order valence-electron chi connectivity index (χ3n) is 2.29. The first-order chi connectivity index (χ1) is 8.77. The smallest absolute Gasteiger partial charge is 0.263 e. The van der Waals surface area contributed by atoms with Crippen LogP contribution in [-0.4, -0.2) is 23.2 Å². The molecule has 0 aliphatic carbocycles. The molecule has 3 nitrogen and oxygen atoms in total. The molecule has 100 valence electrons. The molecule has 0 radical (unpaired) electrons. The van der Waals surface area contributed by atoms with Crippen molar-refractivity contribution in [3.8, 4) is 0 Å². The van der Waals surface area contributed by atoms with Gasteiger partial charge in [-0.05, 0) is 31.9 Å². The average molecular weight is 284 g/mol. The molecule has 1 aromatic rings. The molecule has 0 atom stereocenters. The van der Waals surface area contributed by atoms with Crippen molar-refractivity contribution in [3.63, 3.8) is 0 Å². The van der Waals surface area contributed by atoms with Gasteiger partial charge in [0.05, 0.1) is 6.20 Å². The Kier molecular flexibility index (Phi) is 7.76. The second-order valence-corrected chi connectivity index (χ2v) is 6.29. The Balaban J connectivity index is 2.23. The molecule has 0 aliphatic heterocycles. The predicted molar refractivity (Wildman–Crippen MR) is 79.5 cm³/mol. The summed E-state index contributed by atoms with van der Waals surface area (Å²) in [6, 6.07) is 0. The van der Waals surface area contributed by atoms with E-state index in [1.807, 2.05) is 6.92 Å². The second kappa shape index (κ2) is 9.16. The lowest BCUT2D eigenvalue weighted by Gasteiger charge is -2.01. The number of thioether (sulfide) groups is 1.